The number of carbonyl (C=O) groups is 1. The molecule has 7 nitrogen and oxygen atoms in total. The minimum Gasteiger partial charge on any atom is -0.496 e. The fraction of sp³-hybridized carbons (Fsp3) is 0.261. The zero-order valence-corrected chi connectivity index (χ0v) is 17.1. The monoisotopic (exact) mass is 404 g/mol. The zero-order valence-electron chi connectivity index (χ0n) is 17.1. The molecule has 1 aliphatic rings. The lowest BCUT2D eigenvalue weighted by molar-refractivity contribution is 0.0729. The molecular weight excluding hydrogens is 380 g/mol. The maximum absolute atomic E-state index is 13.3. The molecule has 0 saturated heterocycles. The van der Waals surface area contributed by atoms with Crippen LogP contribution in [0.1, 0.15) is 27.2 Å². The molecule has 2 aromatic carbocycles. The maximum Gasteiger partial charge on any atom is 0.260 e. The quantitative estimate of drug-likeness (QED) is 0.707. The SMILES string of the molecule is CNc1nc2c(c(=O)n1Cc1ccccc1)CN(C(=O)c1ccccc1OC)CC2. The van der Waals surface area contributed by atoms with Crippen LogP contribution in [-0.4, -0.2) is 41.1 Å². The second-order valence-electron chi connectivity index (χ2n) is 7.16. The molecule has 0 saturated carbocycles. The smallest absolute Gasteiger partial charge is 0.260 e. The summed E-state index contributed by atoms with van der Waals surface area (Å²) < 4.78 is 6.96. The van der Waals surface area contributed by atoms with E-state index in [0.717, 1.165) is 11.3 Å². The van der Waals surface area contributed by atoms with E-state index in [1.165, 1.54) is 0 Å². The summed E-state index contributed by atoms with van der Waals surface area (Å²) in [7, 11) is 3.30. The third-order valence-electron chi connectivity index (χ3n) is 5.35. The van der Waals surface area contributed by atoms with Crippen molar-refractivity contribution in [3.8, 4) is 5.75 Å². The lowest BCUT2D eigenvalue weighted by Gasteiger charge is -2.29. The molecule has 2 heterocycles. The number of para-hydroxylation sites is 1. The van der Waals surface area contributed by atoms with Gasteiger partial charge in [0.05, 0.1) is 37.0 Å². The molecule has 0 radical (unpaired) electrons. The number of nitrogens with one attached hydrogen (secondary N) is 1. The fourth-order valence-corrected chi connectivity index (χ4v) is 3.78. The fourth-order valence-electron chi connectivity index (χ4n) is 3.78. The Bertz CT molecular complexity index is 1130. The molecule has 0 fully saturated rings. The van der Waals surface area contributed by atoms with E-state index < -0.39 is 0 Å². The summed E-state index contributed by atoms with van der Waals surface area (Å²) >= 11 is 0. The number of methoxy groups -OCH3 is 1. The highest BCUT2D eigenvalue weighted by Crippen LogP contribution is 2.23. The molecule has 0 unspecified atom stereocenters. The highest BCUT2D eigenvalue weighted by molar-refractivity contribution is 5.97. The van der Waals surface area contributed by atoms with E-state index in [2.05, 4.69) is 10.3 Å². The molecule has 1 aliphatic heterocycles. The van der Waals surface area contributed by atoms with Gasteiger partial charge in [0.2, 0.25) is 5.95 Å². The lowest BCUT2D eigenvalue weighted by Crippen LogP contribution is -2.41. The van der Waals surface area contributed by atoms with Crippen molar-refractivity contribution in [1.82, 2.24) is 14.5 Å². The molecule has 0 atom stereocenters. The number of aromatic nitrogens is 2. The van der Waals surface area contributed by atoms with Crippen LogP contribution in [0.3, 0.4) is 0 Å². The molecule has 0 aliphatic carbocycles. The van der Waals surface area contributed by atoms with Crippen molar-refractivity contribution < 1.29 is 9.53 Å². The third-order valence-corrected chi connectivity index (χ3v) is 5.35. The molecule has 1 aromatic heterocycles. The van der Waals surface area contributed by atoms with E-state index in [-0.39, 0.29) is 18.0 Å². The largest absolute Gasteiger partial charge is 0.496 e. The van der Waals surface area contributed by atoms with E-state index in [0.29, 0.717) is 42.3 Å². The molecule has 30 heavy (non-hydrogen) atoms. The topological polar surface area (TPSA) is 76.5 Å². The van der Waals surface area contributed by atoms with Crippen molar-refractivity contribution in [2.75, 3.05) is 26.0 Å². The Balaban J connectivity index is 1.68. The first-order valence-corrected chi connectivity index (χ1v) is 9.89. The number of rotatable bonds is 5. The summed E-state index contributed by atoms with van der Waals surface area (Å²) in [5, 5.41) is 3.04. The standard InChI is InChI=1S/C23H24N4O3/c1-24-23-25-19-12-13-26(21(28)17-10-6-7-11-20(17)30-2)15-18(19)22(29)27(23)14-16-8-4-3-5-9-16/h3-11H,12-15H2,1-2H3,(H,24,25). The number of anilines is 1. The van der Waals surface area contributed by atoms with Gasteiger partial charge in [-0.1, -0.05) is 42.5 Å². The summed E-state index contributed by atoms with van der Waals surface area (Å²) in [4.78, 5) is 32.8. The van der Waals surface area contributed by atoms with Gasteiger partial charge in [0.15, 0.2) is 0 Å². The summed E-state index contributed by atoms with van der Waals surface area (Å²) in [5.74, 6) is 0.912. The molecular formula is C23H24N4O3. The maximum atomic E-state index is 13.3. The summed E-state index contributed by atoms with van der Waals surface area (Å²) in [6.45, 7) is 1.15. The van der Waals surface area contributed by atoms with Crippen molar-refractivity contribution in [3.05, 3.63) is 87.3 Å². The van der Waals surface area contributed by atoms with Gasteiger partial charge >= 0.3 is 0 Å². The minimum atomic E-state index is -0.148. The molecule has 154 valence electrons. The highest BCUT2D eigenvalue weighted by atomic mass is 16.5. The van der Waals surface area contributed by atoms with Gasteiger partial charge in [-0.15, -0.1) is 0 Å². The van der Waals surface area contributed by atoms with E-state index >= 15 is 0 Å². The molecule has 0 spiro atoms. The normalized spacial score (nSPS) is 12.9. The number of nitrogens with zero attached hydrogens (tertiary/aromatic N) is 3. The molecule has 1 N–H and O–H groups in total. The zero-order chi connectivity index (χ0) is 21.1. The van der Waals surface area contributed by atoms with Crippen LogP contribution in [0.2, 0.25) is 0 Å². The van der Waals surface area contributed by atoms with Crippen LogP contribution in [0.25, 0.3) is 0 Å². The summed E-state index contributed by atoms with van der Waals surface area (Å²) in [6, 6.07) is 16.9. The third kappa shape index (κ3) is 3.66. The first-order valence-electron chi connectivity index (χ1n) is 9.89. The lowest BCUT2D eigenvalue weighted by atomic mass is 10.0. The number of amides is 1. The van der Waals surface area contributed by atoms with E-state index in [9.17, 15) is 9.59 Å². The van der Waals surface area contributed by atoms with E-state index in [1.54, 1.807) is 41.8 Å². The summed E-state index contributed by atoms with van der Waals surface area (Å²) in [5.41, 5.74) is 2.70. The van der Waals surface area contributed by atoms with Crippen molar-refractivity contribution in [3.63, 3.8) is 0 Å². The minimum absolute atomic E-state index is 0.120. The predicted molar refractivity (Wildman–Crippen MR) is 115 cm³/mol. The van der Waals surface area contributed by atoms with E-state index in [4.69, 9.17) is 4.74 Å². The number of benzene rings is 2. The molecule has 1 amide bonds. The van der Waals surface area contributed by atoms with Gasteiger partial charge in [0.25, 0.3) is 11.5 Å². The van der Waals surface area contributed by atoms with Gasteiger partial charge < -0.3 is 15.0 Å². The Kier molecular flexibility index (Phi) is 5.52. The first-order chi connectivity index (χ1) is 14.6. The van der Waals surface area contributed by atoms with Gasteiger partial charge in [0, 0.05) is 20.0 Å². The second-order valence-corrected chi connectivity index (χ2v) is 7.16. The van der Waals surface area contributed by atoms with Crippen LogP contribution in [0.5, 0.6) is 5.75 Å². The van der Waals surface area contributed by atoms with Gasteiger partial charge in [-0.2, -0.15) is 0 Å². The van der Waals surface area contributed by atoms with Crippen LogP contribution in [-0.2, 0) is 19.5 Å². The Morgan fingerprint density at radius 1 is 1.13 bits per heavy atom. The van der Waals surface area contributed by atoms with Crippen LogP contribution in [0, 0.1) is 0 Å². The van der Waals surface area contributed by atoms with Crippen molar-refractivity contribution in [2.24, 2.45) is 0 Å². The van der Waals surface area contributed by atoms with Crippen LogP contribution < -0.4 is 15.6 Å². The number of carbonyl (C=O) groups excluding carboxylic acids is 1. The van der Waals surface area contributed by atoms with Crippen LogP contribution in [0.15, 0.2) is 59.4 Å². The number of hydrogen-bond donors (Lipinski definition) is 1. The van der Waals surface area contributed by atoms with Crippen LogP contribution >= 0.6 is 0 Å². The Hall–Kier alpha value is -3.61. The summed E-state index contributed by atoms with van der Waals surface area (Å²) in [6.07, 6.45) is 0.534. The van der Waals surface area contributed by atoms with Gasteiger partial charge in [-0.05, 0) is 17.7 Å². The molecule has 7 heteroatoms. The van der Waals surface area contributed by atoms with E-state index in [1.807, 2.05) is 36.4 Å². The molecule has 0 bridgehead atoms. The van der Waals surface area contributed by atoms with Gasteiger partial charge in [-0.25, -0.2) is 4.98 Å². The average Bonchev–Trinajstić information content (AvgIpc) is 2.80. The van der Waals surface area contributed by atoms with Crippen molar-refractivity contribution in [2.45, 2.75) is 19.5 Å². The highest BCUT2D eigenvalue weighted by Gasteiger charge is 2.28. The predicted octanol–water partition coefficient (Wildman–Crippen LogP) is 2.54. The molecule has 4 rings (SSSR count). The average molecular weight is 404 g/mol. The Labute approximate surface area is 174 Å². The first kappa shape index (κ1) is 19.7. The van der Waals surface area contributed by atoms with Crippen molar-refractivity contribution in [1.29, 1.82) is 0 Å². The van der Waals surface area contributed by atoms with Crippen molar-refractivity contribution >= 4 is 11.9 Å². The Morgan fingerprint density at radius 2 is 1.87 bits per heavy atom. The second kappa shape index (κ2) is 8.41. The van der Waals surface area contributed by atoms with Gasteiger partial charge in [0.1, 0.15) is 5.75 Å². The van der Waals surface area contributed by atoms with Crippen LogP contribution in [0.4, 0.5) is 5.95 Å². The molecule has 3 aromatic rings. The Morgan fingerprint density at radius 3 is 2.60 bits per heavy atom. The number of hydrogen-bond acceptors (Lipinski definition) is 5. The van der Waals surface area contributed by atoms with Gasteiger partial charge in [-0.3, -0.25) is 14.2 Å². The number of ether oxygens (including phenoxy) is 1. The number of fused-ring (bicyclic) bond motifs is 1.